The monoisotopic (exact) mass is 386 g/mol. The Labute approximate surface area is 158 Å². The third-order valence-electron chi connectivity index (χ3n) is 4.27. The Morgan fingerprint density at radius 3 is 2.93 bits per heavy atom. The van der Waals surface area contributed by atoms with Crippen LogP contribution in [-0.2, 0) is 11.3 Å². The highest BCUT2D eigenvalue weighted by molar-refractivity contribution is 5.96. The number of alkyl halides is 1. The number of hydrogen-bond donors (Lipinski definition) is 0. The van der Waals surface area contributed by atoms with Gasteiger partial charge in [0.05, 0.1) is 11.9 Å². The van der Waals surface area contributed by atoms with E-state index in [1.807, 2.05) is 0 Å². The maximum atomic E-state index is 14.8. The number of nitrogens with zero attached hydrogens (tertiary/aromatic N) is 5. The molecule has 142 valence electrons. The van der Waals surface area contributed by atoms with Gasteiger partial charge in [0.2, 0.25) is 0 Å². The lowest BCUT2D eigenvalue weighted by molar-refractivity contribution is -0.625. The summed E-state index contributed by atoms with van der Waals surface area (Å²) in [5.74, 6) is -0.391. The molecule has 0 amide bonds. The second-order valence-corrected chi connectivity index (χ2v) is 6.11. The Hall–Kier alpha value is -3.36. The second-order valence-electron chi connectivity index (χ2n) is 6.11. The van der Waals surface area contributed by atoms with Crippen molar-refractivity contribution in [2.75, 3.05) is 13.3 Å². The van der Waals surface area contributed by atoms with Crippen molar-refractivity contribution in [3.63, 3.8) is 0 Å². The van der Waals surface area contributed by atoms with Gasteiger partial charge in [-0.15, -0.1) is 9.78 Å². The van der Waals surface area contributed by atoms with Crippen molar-refractivity contribution >= 4 is 28.3 Å². The van der Waals surface area contributed by atoms with Gasteiger partial charge in [-0.1, -0.05) is 10.1 Å². The summed E-state index contributed by atoms with van der Waals surface area (Å²) in [6.45, 7) is 0.883. The van der Waals surface area contributed by atoms with Gasteiger partial charge in [0, 0.05) is 29.3 Å². The van der Waals surface area contributed by atoms with Gasteiger partial charge in [-0.25, -0.2) is 13.2 Å². The van der Waals surface area contributed by atoms with Crippen LogP contribution >= 0.6 is 0 Å². The van der Waals surface area contributed by atoms with Crippen LogP contribution in [0.15, 0.2) is 46.7 Å². The molecule has 0 unspecified atom stereocenters. The molecule has 0 atom stereocenters. The van der Waals surface area contributed by atoms with E-state index in [1.165, 1.54) is 16.9 Å². The van der Waals surface area contributed by atoms with Crippen LogP contribution in [0.4, 0.5) is 19.0 Å². The molecule has 6 nitrogen and oxygen atoms in total. The molecule has 28 heavy (non-hydrogen) atoms. The maximum absolute atomic E-state index is 14.8. The molecule has 1 aromatic carbocycles. The number of pyridine rings is 1. The molecule has 9 heteroatoms. The summed E-state index contributed by atoms with van der Waals surface area (Å²) in [7, 11) is 0. The molecule has 4 rings (SSSR count). The third kappa shape index (κ3) is 3.19. The van der Waals surface area contributed by atoms with Crippen molar-refractivity contribution in [2.24, 2.45) is 10.1 Å². The summed E-state index contributed by atoms with van der Waals surface area (Å²) in [6.07, 6.45) is 1.42. The van der Waals surface area contributed by atoms with E-state index >= 15 is 0 Å². The number of oxime groups is 1. The SMILES string of the molecule is C/C(=N/OCCF)c1ccc2[n+](n1)C(Cc1c(F)cc3ncccc3c1F)=N2. The fraction of sp³-hybridized carbons (Fsp3) is 0.211. The molecular weight excluding hydrogens is 371 g/mol. The molecule has 0 spiro atoms. The zero-order valence-electron chi connectivity index (χ0n) is 14.9. The van der Waals surface area contributed by atoms with Crippen LogP contribution in [0, 0.1) is 11.6 Å². The summed E-state index contributed by atoms with van der Waals surface area (Å²) in [6, 6.07) is 7.75. The topological polar surface area (TPSA) is 63.6 Å². The van der Waals surface area contributed by atoms with E-state index < -0.39 is 18.3 Å². The molecule has 1 aliphatic heterocycles. The lowest BCUT2D eigenvalue weighted by atomic mass is 10.0. The number of aromatic nitrogens is 3. The average Bonchev–Trinajstić information content (AvgIpc) is 2.68. The summed E-state index contributed by atoms with van der Waals surface area (Å²) in [5, 5.41) is 8.39. The van der Waals surface area contributed by atoms with Crippen LogP contribution in [0.3, 0.4) is 0 Å². The molecule has 0 fully saturated rings. The Morgan fingerprint density at radius 1 is 1.25 bits per heavy atom. The van der Waals surface area contributed by atoms with Gasteiger partial charge in [-0.2, -0.15) is 0 Å². The molecule has 0 saturated heterocycles. The smallest absolute Gasteiger partial charge is 0.290 e. The summed E-state index contributed by atoms with van der Waals surface area (Å²) < 4.78 is 42.8. The first-order valence-corrected chi connectivity index (χ1v) is 8.54. The minimum Gasteiger partial charge on any atom is -0.393 e. The van der Waals surface area contributed by atoms with E-state index in [4.69, 9.17) is 4.84 Å². The van der Waals surface area contributed by atoms with E-state index in [1.54, 1.807) is 31.2 Å². The van der Waals surface area contributed by atoms with Gasteiger partial charge in [0.15, 0.2) is 0 Å². The molecule has 0 radical (unpaired) electrons. The van der Waals surface area contributed by atoms with Gasteiger partial charge in [-0.3, -0.25) is 4.98 Å². The quantitative estimate of drug-likeness (QED) is 0.283. The largest absolute Gasteiger partial charge is 0.393 e. The number of rotatable bonds is 6. The highest BCUT2D eigenvalue weighted by Gasteiger charge is 2.30. The zero-order chi connectivity index (χ0) is 19.7. The van der Waals surface area contributed by atoms with Crippen LogP contribution in [0.25, 0.3) is 10.9 Å². The minimum atomic E-state index is -0.686. The molecule has 0 bridgehead atoms. The van der Waals surface area contributed by atoms with Crippen molar-refractivity contribution in [3.05, 3.63) is 59.4 Å². The summed E-state index contributed by atoms with van der Waals surface area (Å²) in [4.78, 5) is 13.1. The van der Waals surface area contributed by atoms with E-state index in [-0.39, 0.29) is 29.5 Å². The zero-order valence-corrected chi connectivity index (χ0v) is 14.9. The van der Waals surface area contributed by atoms with Crippen LogP contribution in [0.5, 0.6) is 0 Å². The van der Waals surface area contributed by atoms with E-state index in [9.17, 15) is 13.2 Å². The third-order valence-corrected chi connectivity index (χ3v) is 4.27. The lowest BCUT2D eigenvalue weighted by Gasteiger charge is -2.14. The number of fused-ring (bicyclic) bond motifs is 2. The van der Waals surface area contributed by atoms with Crippen molar-refractivity contribution in [1.29, 1.82) is 0 Å². The summed E-state index contributed by atoms with van der Waals surface area (Å²) >= 11 is 0. The van der Waals surface area contributed by atoms with Gasteiger partial charge >= 0.3 is 0 Å². The Morgan fingerprint density at radius 2 is 2.11 bits per heavy atom. The Kier molecular flexibility index (Phi) is 4.72. The van der Waals surface area contributed by atoms with Crippen molar-refractivity contribution in [1.82, 2.24) is 10.1 Å². The molecule has 2 aromatic heterocycles. The second kappa shape index (κ2) is 7.34. The van der Waals surface area contributed by atoms with Crippen molar-refractivity contribution < 1.29 is 22.7 Å². The average molecular weight is 386 g/mol. The Bertz CT molecular complexity index is 1130. The van der Waals surface area contributed by atoms with Crippen LogP contribution in [-0.4, -0.2) is 34.9 Å². The summed E-state index contributed by atoms with van der Waals surface area (Å²) in [5.41, 5.74) is 1.09. The minimum absolute atomic E-state index is 0.0643. The normalized spacial score (nSPS) is 13.1. The molecule has 3 aromatic rings. The first kappa shape index (κ1) is 18.0. The predicted octanol–water partition coefficient (Wildman–Crippen LogP) is 3.04. The fourth-order valence-electron chi connectivity index (χ4n) is 2.87. The molecule has 0 aliphatic carbocycles. The van der Waals surface area contributed by atoms with Crippen LogP contribution < -0.4 is 4.68 Å². The van der Waals surface area contributed by atoms with Gasteiger partial charge in [0.1, 0.15) is 36.3 Å². The first-order chi connectivity index (χ1) is 13.6. The molecule has 0 N–H and O–H groups in total. The van der Waals surface area contributed by atoms with E-state index in [2.05, 4.69) is 20.2 Å². The van der Waals surface area contributed by atoms with Gasteiger partial charge < -0.3 is 4.84 Å². The molecule has 1 aliphatic rings. The first-order valence-electron chi connectivity index (χ1n) is 8.54. The van der Waals surface area contributed by atoms with Crippen LogP contribution in [0.1, 0.15) is 18.2 Å². The van der Waals surface area contributed by atoms with Gasteiger partial charge in [0.25, 0.3) is 11.7 Å². The standard InChI is InChI=1S/C19H15F3N5O/c1-11(26-28-8-6-20)15-4-5-17-24-18(27(17)25-15)9-13-14(21)10-16-12(19(13)22)3-2-7-23-16/h2-5,7,10H,6,8-9H2,1H3/q+1/b26-11-. The number of aliphatic imine (C=N–C) groups is 1. The van der Waals surface area contributed by atoms with Crippen LogP contribution in [0.2, 0.25) is 0 Å². The maximum Gasteiger partial charge on any atom is 0.290 e. The number of halogens is 3. The van der Waals surface area contributed by atoms with Gasteiger partial charge in [-0.05, 0) is 25.1 Å². The highest BCUT2D eigenvalue weighted by Crippen LogP contribution is 2.24. The Balaban J connectivity index is 1.61. The number of benzene rings is 1. The fourth-order valence-corrected chi connectivity index (χ4v) is 2.87. The van der Waals surface area contributed by atoms with E-state index in [0.717, 1.165) is 0 Å². The number of hydrogen-bond acceptors (Lipinski definition) is 5. The van der Waals surface area contributed by atoms with E-state index in [0.29, 0.717) is 23.1 Å². The molecule has 3 heterocycles. The van der Waals surface area contributed by atoms with Crippen molar-refractivity contribution in [3.8, 4) is 0 Å². The predicted molar refractivity (Wildman–Crippen MR) is 96.4 cm³/mol. The van der Waals surface area contributed by atoms with Crippen molar-refractivity contribution in [2.45, 2.75) is 13.3 Å². The molecule has 0 saturated carbocycles. The lowest BCUT2D eigenvalue weighted by Crippen LogP contribution is -2.54. The highest BCUT2D eigenvalue weighted by atomic mass is 19.1. The molecular formula is C19H15F3N5O+.